The lowest BCUT2D eigenvalue weighted by Crippen LogP contribution is -2.23. The van der Waals surface area contributed by atoms with Gasteiger partial charge in [0.25, 0.3) is 5.91 Å². The maximum atomic E-state index is 12.4. The quantitative estimate of drug-likeness (QED) is 0.741. The standard InChI is InChI=1S/C20H22N4O2/c1-4-26-19-8-6-5-7-16(19)12-21-20(25)18-13-24(23-22-18)17-10-9-14(2)15(3)11-17/h5-11,13H,4,12H2,1-3H3,(H,21,25). The van der Waals surface area contributed by atoms with Gasteiger partial charge in [0.2, 0.25) is 0 Å². The summed E-state index contributed by atoms with van der Waals surface area (Å²) in [6.45, 7) is 6.97. The van der Waals surface area contributed by atoms with Crippen LogP contribution in [0.5, 0.6) is 5.75 Å². The molecular formula is C20H22N4O2. The summed E-state index contributed by atoms with van der Waals surface area (Å²) >= 11 is 0. The van der Waals surface area contributed by atoms with Gasteiger partial charge in [-0.25, -0.2) is 4.68 Å². The molecule has 0 spiro atoms. The van der Waals surface area contributed by atoms with Gasteiger partial charge in [0.15, 0.2) is 5.69 Å². The fraction of sp³-hybridized carbons (Fsp3) is 0.250. The summed E-state index contributed by atoms with van der Waals surface area (Å²) in [6, 6.07) is 13.6. The highest BCUT2D eigenvalue weighted by Crippen LogP contribution is 2.18. The van der Waals surface area contributed by atoms with Crippen molar-refractivity contribution in [2.75, 3.05) is 6.61 Å². The minimum absolute atomic E-state index is 0.272. The number of para-hydroxylation sites is 1. The second kappa shape index (κ2) is 7.82. The van der Waals surface area contributed by atoms with Gasteiger partial charge in [-0.05, 0) is 50.1 Å². The second-order valence-corrected chi connectivity index (χ2v) is 6.04. The molecule has 1 aromatic heterocycles. The zero-order valence-corrected chi connectivity index (χ0v) is 15.2. The lowest BCUT2D eigenvalue weighted by molar-refractivity contribution is 0.0945. The van der Waals surface area contributed by atoms with E-state index in [4.69, 9.17) is 4.74 Å². The van der Waals surface area contributed by atoms with Crippen molar-refractivity contribution in [3.63, 3.8) is 0 Å². The van der Waals surface area contributed by atoms with E-state index in [1.54, 1.807) is 10.9 Å². The van der Waals surface area contributed by atoms with E-state index in [1.165, 1.54) is 5.56 Å². The normalized spacial score (nSPS) is 10.6. The van der Waals surface area contributed by atoms with Gasteiger partial charge in [0, 0.05) is 12.1 Å². The van der Waals surface area contributed by atoms with Crippen molar-refractivity contribution >= 4 is 5.91 Å². The Bertz CT molecular complexity index is 918. The van der Waals surface area contributed by atoms with Crippen LogP contribution in [0.3, 0.4) is 0 Å². The van der Waals surface area contributed by atoms with Crippen molar-refractivity contribution in [1.29, 1.82) is 0 Å². The molecule has 3 aromatic rings. The minimum atomic E-state index is -0.272. The number of nitrogens with one attached hydrogen (secondary N) is 1. The summed E-state index contributed by atoms with van der Waals surface area (Å²) in [5.74, 6) is 0.500. The number of ether oxygens (including phenoxy) is 1. The Kier molecular flexibility index (Phi) is 5.31. The molecule has 0 saturated heterocycles. The molecule has 1 amide bonds. The van der Waals surface area contributed by atoms with Gasteiger partial charge in [-0.15, -0.1) is 5.10 Å². The molecule has 0 aliphatic rings. The largest absolute Gasteiger partial charge is 0.494 e. The van der Waals surface area contributed by atoms with Gasteiger partial charge in [-0.2, -0.15) is 0 Å². The summed E-state index contributed by atoms with van der Waals surface area (Å²) in [5, 5.41) is 10.9. The molecule has 0 aliphatic heterocycles. The number of nitrogens with zero attached hydrogens (tertiary/aromatic N) is 3. The predicted molar refractivity (Wildman–Crippen MR) is 99.6 cm³/mol. The number of carbonyl (C=O) groups excluding carboxylic acids is 1. The number of benzene rings is 2. The molecule has 2 aromatic carbocycles. The lowest BCUT2D eigenvalue weighted by atomic mass is 10.1. The number of amides is 1. The van der Waals surface area contributed by atoms with Crippen molar-refractivity contribution < 1.29 is 9.53 Å². The number of hydrogen-bond donors (Lipinski definition) is 1. The van der Waals surface area contributed by atoms with E-state index in [1.807, 2.05) is 56.3 Å². The Hall–Kier alpha value is -3.15. The van der Waals surface area contributed by atoms with Gasteiger partial charge < -0.3 is 10.1 Å². The Morgan fingerprint density at radius 2 is 1.96 bits per heavy atom. The summed E-state index contributed by atoms with van der Waals surface area (Å²) < 4.78 is 7.18. The molecule has 0 saturated carbocycles. The molecule has 6 nitrogen and oxygen atoms in total. The monoisotopic (exact) mass is 350 g/mol. The highest BCUT2D eigenvalue weighted by Gasteiger charge is 2.12. The number of aryl methyl sites for hydroxylation is 2. The van der Waals surface area contributed by atoms with Crippen LogP contribution in [-0.4, -0.2) is 27.5 Å². The molecule has 0 atom stereocenters. The van der Waals surface area contributed by atoms with Crippen LogP contribution >= 0.6 is 0 Å². The van der Waals surface area contributed by atoms with Crippen LogP contribution in [0, 0.1) is 13.8 Å². The van der Waals surface area contributed by atoms with Gasteiger partial charge in [-0.1, -0.05) is 29.5 Å². The van der Waals surface area contributed by atoms with E-state index < -0.39 is 0 Å². The van der Waals surface area contributed by atoms with Crippen LogP contribution in [0.25, 0.3) is 5.69 Å². The van der Waals surface area contributed by atoms with Gasteiger partial charge in [0.05, 0.1) is 18.5 Å². The van der Waals surface area contributed by atoms with Crippen molar-refractivity contribution in [3.05, 3.63) is 71.0 Å². The second-order valence-electron chi connectivity index (χ2n) is 6.04. The van der Waals surface area contributed by atoms with Crippen LogP contribution in [0.15, 0.2) is 48.7 Å². The molecule has 26 heavy (non-hydrogen) atoms. The highest BCUT2D eigenvalue weighted by molar-refractivity contribution is 5.91. The molecule has 1 N–H and O–H groups in total. The lowest BCUT2D eigenvalue weighted by Gasteiger charge is -2.10. The third-order valence-electron chi connectivity index (χ3n) is 4.19. The van der Waals surface area contributed by atoms with Crippen LogP contribution < -0.4 is 10.1 Å². The number of aromatic nitrogens is 3. The highest BCUT2D eigenvalue weighted by atomic mass is 16.5. The Balaban J connectivity index is 1.70. The molecule has 0 bridgehead atoms. The van der Waals surface area contributed by atoms with Gasteiger partial charge >= 0.3 is 0 Å². The molecule has 1 heterocycles. The first-order valence-corrected chi connectivity index (χ1v) is 8.57. The molecule has 3 rings (SSSR count). The molecule has 0 radical (unpaired) electrons. The van der Waals surface area contributed by atoms with Crippen molar-refractivity contribution in [2.24, 2.45) is 0 Å². The zero-order valence-electron chi connectivity index (χ0n) is 15.2. The zero-order chi connectivity index (χ0) is 18.5. The Morgan fingerprint density at radius 3 is 2.73 bits per heavy atom. The third-order valence-corrected chi connectivity index (χ3v) is 4.19. The van der Waals surface area contributed by atoms with Crippen molar-refractivity contribution in [3.8, 4) is 11.4 Å². The maximum Gasteiger partial charge on any atom is 0.273 e. The Morgan fingerprint density at radius 1 is 1.15 bits per heavy atom. The third kappa shape index (κ3) is 3.91. The number of hydrogen-bond acceptors (Lipinski definition) is 4. The van der Waals surface area contributed by atoms with E-state index in [2.05, 4.69) is 22.6 Å². The number of carbonyl (C=O) groups is 1. The molecule has 134 valence electrons. The van der Waals surface area contributed by atoms with Crippen LogP contribution in [0.4, 0.5) is 0 Å². The Labute approximate surface area is 152 Å². The first-order valence-electron chi connectivity index (χ1n) is 8.57. The maximum absolute atomic E-state index is 12.4. The van der Waals surface area contributed by atoms with E-state index in [9.17, 15) is 4.79 Å². The van der Waals surface area contributed by atoms with Gasteiger partial charge in [-0.3, -0.25) is 4.79 Å². The first kappa shape index (κ1) is 17.7. The average molecular weight is 350 g/mol. The van der Waals surface area contributed by atoms with Crippen molar-refractivity contribution in [1.82, 2.24) is 20.3 Å². The SMILES string of the molecule is CCOc1ccccc1CNC(=O)c1cn(-c2ccc(C)c(C)c2)nn1. The van der Waals surface area contributed by atoms with Crippen LogP contribution in [0.2, 0.25) is 0 Å². The summed E-state index contributed by atoms with van der Waals surface area (Å²) in [7, 11) is 0. The topological polar surface area (TPSA) is 69.0 Å². The smallest absolute Gasteiger partial charge is 0.273 e. The molecule has 0 fully saturated rings. The van der Waals surface area contributed by atoms with Crippen LogP contribution in [0.1, 0.15) is 34.1 Å². The van der Waals surface area contributed by atoms with Crippen LogP contribution in [-0.2, 0) is 6.54 Å². The minimum Gasteiger partial charge on any atom is -0.494 e. The predicted octanol–water partition coefficient (Wildman–Crippen LogP) is 3.21. The summed E-state index contributed by atoms with van der Waals surface area (Å²) in [6.07, 6.45) is 1.63. The first-order chi connectivity index (χ1) is 12.6. The molecule has 0 aliphatic carbocycles. The van der Waals surface area contributed by atoms with E-state index in [0.717, 1.165) is 22.6 Å². The summed E-state index contributed by atoms with van der Waals surface area (Å²) in [4.78, 5) is 12.4. The van der Waals surface area contributed by atoms with Gasteiger partial charge in [0.1, 0.15) is 5.75 Å². The van der Waals surface area contributed by atoms with Crippen molar-refractivity contribution in [2.45, 2.75) is 27.3 Å². The molecule has 6 heteroatoms. The van der Waals surface area contributed by atoms with E-state index in [-0.39, 0.29) is 11.6 Å². The van der Waals surface area contributed by atoms with E-state index in [0.29, 0.717) is 13.2 Å². The van der Waals surface area contributed by atoms with E-state index >= 15 is 0 Å². The average Bonchev–Trinajstić information content (AvgIpc) is 3.13. The number of rotatable bonds is 6. The summed E-state index contributed by atoms with van der Waals surface area (Å²) in [5.41, 5.74) is 4.44. The molecular weight excluding hydrogens is 328 g/mol. The fourth-order valence-electron chi connectivity index (χ4n) is 2.57. The molecule has 0 unspecified atom stereocenters. The fourth-order valence-corrected chi connectivity index (χ4v) is 2.57.